The van der Waals surface area contributed by atoms with Crippen molar-refractivity contribution in [3.63, 3.8) is 0 Å². The maximum Gasteiger partial charge on any atom is 0.157 e. The molecule has 5 heteroatoms. The zero-order chi connectivity index (χ0) is 24.0. The lowest BCUT2D eigenvalue weighted by molar-refractivity contribution is -0.134. The molecule has 2 aromatic rings. The van der Waals surface area contributed by atoms with Gasteiger partial charge < -0.3 is 5.32 Å². The number of halogens is 1. The normalized spacial score (nSPS) is 27.8. The zero-order valence-corrected chi connectivity index (χ0v) is 20.3. The van der Waals surface area contributed by atoms with Gasteiger partial charge in [0.15, 0.2) is 11.6 Å². The number of nitrogens with one attached hydrogen (secondary N) is 1. The van der Waals surface area contributed by atoms with E-state index in [1.165, 1.54) is 37.0 Å². The number of ketones is 2. The Morgan fingerprint density at radius 1 is 0.735 bits per heavy atom. The fourth-order valence-electron chi connectivity index (χ4n) is 6.12. The Labute approximate surface area is 202 Å². The number of nitrogens with zero attached hydrogens (tertiary/aromatic N) is 1. The van der Waals surface area contributed by atoms with E-state index in [9.17, 15) is 14.0 Å². The van der Waals surface area contributed by atoms with E-state index < -0.39 is 5.54 Å². The van der Waals surface area contributed by atoms with Crippen molar-refractivity contribution in [2.24, 2.45) is 0 Å². The highest BCUT2D eigenvalue weighted by Crippen LogP contribution is 2.41. The number of hydrogen-bond donors (Lipinski definition) is 1. The van der Waals surface area contributed by atoms with Crippen molar-refractivity contribution in [1.82, 2.24) is 10.2 Å². The summed E-state index contributed by atoms with van der Waals surface area (Å²) in [6.45, 7) is 2.17. The Morgan fingerprint density at radius 3 is 1.94 bits per heavy atom. The van der Waals surface area contributed by atoms with Crippen LogP contribution in [-0.2, 0) is 20.7 Å². The highest BCUT2D eigenvalue weighted by molar-refractivity contribution is 5.91. The standard InChI is InChI=1S/C16H21NO.C13H16FNO/c18-15-10-4-5-11-16(15,17-12-6-7-13-17)14-8-2-1-3-9-14;1-15-13(9-3-2-4-12(13)16)10-5-7-11(14)8-6-10/h1-3,8-9H,4-7,10-13H2;5-8,15H,2-4,9H2,1H3. The molecular weight excluding hydrogens is 427 g/mol. The van der Waals surface area contributed by atoms with Crippen molar-refractivity contribution in [1.29, 1.82) is 0 Å². The molecule has 2 saturated carbocycles. The Kier molecular flexibility index (Phi) is 7.95. The lowest BCUT2D eigenvalue weighted by Crippen LogP contribution is -2.52. The first-order valence-electron chi connectivity index (χ1n) is 12.8. The zero-order valence-electron chi connectivity index (χ0n) is 20.3. The van der Waals surface area contributed by atoms with Gasteiger partial charge in [-0.25, -0.2) is 4.39 Å². The van der Waals surface area contributed by atoms with Crippen molar-refractivity contribution in [2.45, 2.75) is 75.3 Å². The van der Waals surface area contributed by atoms with Crippen LogP contribution in [0.15, 0.2) is 54.6 Å². The van der Waals surface area contributed by atoms with Gasteiger partial charge in [-0.1, -0.05) is 55.3 Å². The average molecular weight is 465 g/mol. The molecule has 2 unspecified atom stereocenters. The monoisotopic (exact) mass is 464 g/mol. The summed E-state index contributed by atoms with van der Waals surface area (Å²) in [7, 11) is 1.80. The van der Waals surface area contributed by atoms with Crippen LogP contribution < -0.4 is 5.32 Å². The van der Waals surface area contributed by atoms with Gasteiger partial charge in [0.1, 0.15) is 16.9 Å². The first kappa shape index (κ1) is 24.7. The fourth-order valence-corrected chi connectivity index (χ4v) is 6.12. The van der Waals surface area contributed by atoms with Crippen molar-refractivity contribution in [3.8, 4) is 0 Å². The molecule has 3 aliphatic rings. The third kappa shape index (κ3) is 4.73. The summed E-state index contributed by atoms with van der Waals surface area (Å²) in [6.07, 6.45) is 9.89. The maximum absolute atomic E-state index is 12.9. The molecule has 182 valence electrons. The number of rotatable bonds is 4. The fraction of sp³-hybridized carbons (Fsp3) is 0.517. The quantitative estimate of drug-likeness (QED) is 0.649. The second-order valence-corrected chi connectivity index (χ2v) is 9.84. The van der Waals surface area contributed by atoms with Crippen LogP contribution in [0, 0.1) is 5.82 Å². The Balaban J connectivity index is 0.000000162. The summed E-state index contributed by atoms with van der Waals surface area (Å²) in [5.74, 6) is 0.396. The van der Waals surface area contributed by atoms with Gasteiger partial charge in [-0.15, -0.1) is 0 Å². The number of hydrogen-bond acceptors (Lipinski definition) is 4. The van der Waals surface area contributed by atoms with E-state index in [-0.39, 0.29) is 17.1 Å². The summed E-state index contributed by atoms with van der Waals surface area (Å²) >= 11 is 0. The molecule has 0 radical (unpaired) electrons. The molecule has 2 atom stereocenters. The molecule has 0 bridgehead atoms. The second kappa shape index (κ2) is 10.9. The predicted molar refractivity (Wildman–Crippen MR) is 133 cm³/mol. The third-order valence-electron chi connectivity index (χ3n) is 8.00. The predicted octanol–water partition coefficient (Wildman–Crippen LogP) is 5.50. The van der Waals surface area contributed by atoms with Crippen LogP contribution in [0.3, 0.4) is 0 Å². The lowest BCUT2D eigenvalue weighted by atomic mass is 9.74. The largest absolute Gasteiger partial charge is 0.304 e. The van der Waals surface area contributed by atoms with Gasteiger partial charge in [-0.05, 0) is 81.9 Å². The molecule has 1 N–H and O–H groups in total. The smallest absolute Gasteiger partial charge is 0.157 e. The van der Waals surface area contributed by atoms with Crippen molar-refractivity contribution in [3.05, 3.63) is 71.5 Å². The molecular formula is C29H37FN2O2. The minimum absolute atomic E-state index is 0.216. The molecule has 1 saturated heterocycles. The van der Waals surface area contributed by atoms with E-state index in [2.05, 4.69) is 34.5 Å². The molecule has 5 rings (SSSR count). The minimum atomic E-state index is -0.591. The molecule has 0 amide bonds. The first-order valence-corrected chi connectivity index (χ1v) is 12.8. The highest BCUT2D eigenvalue weighted by atomic mass is 19.1. The van der Waals surface area contributed by atoms with E-state index >= 15 is 0 Å². The van der Waals surface area contributed by atoms with Crippen molar-refractivity contribution < 1.29 is 14.0 Å². The van der Waals surface area contributed by atoms with Gasteiger partial charge in [0.2, 0.25) is 0 Å². The number of benzene rings is 2. The number of likely N-dealkylation sites (N-methyl/N-ethyl adjacent to an activating group) is 1. The molecule has 2 aliphatic carbocycles. The summed E-state index contributed by atoms with van der Waals surface area (Å²) in [6, 6.07) is 16.7. The Morgan fingerprint density at radius 2 is 1.35 bits per heavy atom. The van der Waals surface area contributed by atoms with E-state index in [1.54, 1.807) is 19.2 Å². The highest BCUT2D eigenvalue weighted by Gasteiger charge is 2.46. The van der Waals surface area contributed by atoms with Crippen LogP contribution in [0.2, 0.25) is 0 Å². The maximum atomic E-state index is 12.9. The number of carbonyl (C=O) groups is 2. The summed E-state index contributed by atoms with van der Waals surface area (Å²) in [5, 5.41) is 3.13. The number of Topliss-reactive ketones (excluding diaryl/α,β-unsaturated/α-hetero) is 2. The van der Waals surface area contributed by atoms with Crippen LogP contribution in [0.5, 0.6) is 0 Å². The lowest BCUT2D eigenvalue weighted by Gasteiger charge is -2.43. The second-order valence-electron chi connectivity index (χ2n) is 9.84. The van der Waals surface area contributed by atoms with Crippen LogP contribution in [0.25, 0.3) is 0 Å². The summed E-state index contributed by atoms with van der Waals surface area (Å²) in [4.78, 5) is 27.2. The molecule has 34 heavy (non-hydrogen) atoms. The van der Waals surface area contributed by atoms with Gasteiger partial charge in [0.25, 0.3) is 0 Å². The van der Waals surface area contributed by atoms with E-state index in [1.807, 2.05) is 6.07 Å². The van der Waals surface area contributed by atoms with E-state index in [0.29, 0.717) is 12.2 Å². The Hall–Kier alpha value is -2.37. The SMILES string of the molecule is CNC1(c2ccc(F)cc2)CCCCC1=O.O=C1CCCCC1(c1ccccc1)N1CCCC1. The molecule has 4 nitrogen and oxygen atoms in total. The van der Waals surface area contributed by atoms with Gasteiger partial charge in [-0.2, -0.15) is 0 Å². The molecule has 2 aromatic carbocycles. The molecule has 1 heterocycles. The van der Waals surface area contributed by atoms with Gasteiger partial charge >= 0.3 is 0 Å². The van der Waals surface area contributed by atoms with Crippen LogP contribution in [-0.4, -0.2) is 36.6 Å². The van der Waals surface area contributed by atoms with Crippen LogP contribution in [0.1, 0.15) is 75.3 Å². The van der Waals surface area contributed by atoms with Crippen molar-refractivity contribution in [2.75, 3.05) is 20.1 Å². The average Bonchev–Trinajstić information content (AvgIpc) is 3.42. The van der Waals surface area contributed by atoms with Crippen molar-refractivity contribution >= 4 is 11.6 Å². The number of carbonyl (C=O) groups excluding carboxylic acids is 2. The summed E-state index contributed by atoms with van der Waals surface area (Å²) in [5.41, 5.74) is 1.21. The van der Waals surface area contributed by atoms with Crippen LogP contribution in [0.4, 0.5) is 4.39 Å². The molecule has 0 spiro atoms. The van der Waals surface area contributed by atoms with E-state index in [0.717, 1.165) is 57.2 Å². The molecule has 1 aliphatic heterocycles. The number of likely N-dealkylation sites (tertiary alicyclic amines) is 1. The van der Waals surface area contributed by atoms with Gasteiger partial charge in [0.05, 0.1) is 0 Å². The molecule has 0 aromatic heterocycles. The van der Waals surface area contributed by atoms with Gasteiger partial charge in [0, 0.05) is 12.8 Å². The molecule has 3 fully saturated rings. The minimum Gasteiger partial charge on any atom is -0.304 e. The summed E-state index contributed by atoms with van der Waals surface area (Å²) < 4.78 is 12.9. The van der Waals surface area contributed by atoms with Gasteiger partial charge in [-0.3, -0.25) is 14.5 Å². The first-order chi connectivity index (χ1) is 16.5. The Bertz CT molecular complexity index is 971. The van der Waals surface area contributed by atoms with E-state index in [4.69, 9.17) is 0 Å². The van der Waals surface area contributed by atoms with Crippen LogP contribution >= 0.6 is 0 Å². The third-order valence-corrected chi connectivity index (χ3v) is 8.00. The topological polar surface area (TPSA) is 49.4 Å².